The standard InChI is InChI=1S/C8H12N4O3/c9-3-6-4-12(1-2-15-6)5-7(13)11-8(10)14/h6H,1-2,4-5H2,(H3,10,11,13,14). The number of carbonyl (C=O) groups excluding carboxylic acids is 2. The number of ether oxygens (including phenoxy) is 1. The fourth-order valence-electron chi connectivity index (χ4n) is 1.30. The van der Waals surface area contributed by atoms with Gasteiger partial charge >= 0.3 is 6.03 Å². The second kappa shape index (κ2) is 5.29. The fraction of sp³-hybridized carbons (Fsp3) is 0.625. The Morgan fingerprint density at radius 1 is 1.67 bits per heavy atom. The van der Waals surface area contributed by atoms with E-state index in [1.54, 1.807) is 4.90 Å². The number of hydrogen-bond donors (Lipinski definition) is 2. The quantitative estimate of drug-likeness (QED) is 0.573. The molecule has 1 rings (SSSR count). The van der Waals surface area contributed by atoms with Crippen LogP contribution in [0.25, 0.3) is 0 Å². The van der Waals surface area contributed by atoms with Crippen molar-refractivity contribution in [3.63, 3.8) is 0 Å². The molecule has 1 unspecified atom stereocenters. The molecule has 0 bridgehead atoms. The molecule has 0 radical (unpaired) electrons. The zero-order valence-corrected chi connectivity index (χ0v) is 8.10. The molecule has 7 nitrogen and oxygen atoms in total. The molecule has 1 atom stereocenters. The molecule has 3 N–H and O–H groups in total. The predicted octanol–water partition coefficient (Wildman–Crippen LogP) is -1.59. The molecule has 3 amide bonds. The summed E-state index contributed by atoms with van der Waals surface area (Å²) in [6.45, 7) is 1.37. The first-order valence-corrected chi connectivity index (χ1v) is 4.44. The van der Waals surface area contributed by atoms with E-state index in [0.29, 0.717) is 19.7 Å². The van der Waals surface area contributed by atoms with Gasteiger partial charge in [-0.3, -0.25) is 15.0 Å². The van der Waals surface area contributed by atoms with Gasteiger partial charge in [-0.1, -0.05) is 0 Å². The molecule has 1 heterocycles. The van der Waals surface area contributed by atoms with E-state index in [4.69, 9.17) is 15.7 Å². The number of nitriles is 1. The summed E-state index contributed by atoms with van der Waals surface area (Å²) in [7, 11) is 0. The van der Waals surface area contributed by atoms with E-state index in [-0.39, 0.29) is 6.54 Å². The summed E-state index contributed by atoms with van der Waals surface area (Å²) >= 11 is 0. The van der Waals surface area contributed by atoms with Crippen molar-refractivity contribution >= 4 is 11.9 Å². The highest BCUT2D eigenvalue weighted by Crippen LogP contribution is 2.03. The van der Waals surface area contributed by atoms with E-state index in [0.717, 1.165) is 0 Å². The first-order valence-electron chi connectivity index (χ1n) is 4.44. The largest absolute Gasteiger partial charge is 0.361 e. The fourth-order valence-corrected chi connectivity index (χ4v) is 1.30. The lowest BCUT2D eigenvalue weighted by molar-refractivity contribution is -0.122. The zero-order chi connectivity index (χ0) is 11.3. The topological polar surface area (TPSA) is 108 Å². The van der Waals surface area contributed by atoms with E-state index >= 15 is 0 Å². The number of hydrogen-bond acceptors (Lipinski definition) is 5. The summed E-state index contributed by atoms with van der Waals surface area (Å²) in [4.78, 5) is 23.2. The Bertz CT molecular complexity index is 299. The van der Waals surface area contributed by atoms with Gasteiger partial charge in [0.05, 0.1) is 19.2 Å². The second-order valence-corrected chi connectivity index (χ2v) is 3.14. The highest BCUT2D eigenvalue weighted by atomic mass is 16.5. The lowest BCUT2D eigenvalue weighted by Crippen LogP contribution is -2.48. The average molecular weight is 212 g/mol. The molecule has 0 aromatic rings. The van der Waals surface area contributed by atoms with Gasteiger partial charge in [-0.25, -0.2) is 4.79 Å². The molecule has 0 spiro atoms. The number of morpholine rings is 1. The maximum Gasteiger partial charge on any atom is 0.318 e. The average Bonchev–Trinajstić information content (AvgIpc) is 2.16. The van der Waals surface area contributed by atoms with Crippen LogP contribution < -0.4 is 11.1 Å². The Morgan fingerprint density at radius 2 is 2.40 bits per heavy atom. The van der Waals surface area contributed by atoms with Crippen molar-refractivity contribution in [2.45, 2.75) is 6.10 Å². The lowest BCUT2D eigenvalue weighted by Gasteiger charge is -2.28. The summed E-state index contributed by atoms with van der Waals surface area (Å²) in [5, 5.41) is 10.6. The van der Waals surface area contributed by atoms with Crippen LogP contribution in [0.4, 0.5) is 4.79 Å². The molecule has 0 aliphatic carbocycles. The Labute approximate surface area is 86.8 Å². The molecular formula is C8H12N4O3. The molecule has 1 saturated heterocycles. The van der Waals surface area contributed by atoms with E-state index in [9.17, 15) is 9.59 Å². The second-order valence-electron chi connectivity index (χ2n) is 3.14. The number of urea groups is 1. The van der Waals surface area contributed by atoms with Gasteiger partial charge in [0.1, 0.15) is 0 Å². The summed E-state index contributed by atoms with van der Waals surface area (Å²) in [6, 6.07) is 1.09. The minimum absolute atomic E-state index is 0.0461. The molecule has 1 fully saturated rings. The van der Waals surface area contributed by atoms with E-state index < -0.39 is 18.0 Å². The Morgan fingerprint density at radius 3 is 3.00 bits per heavy atom. The van der Waals surface area contributed by atoms with Gasteiger partial charge in [-0.05, 0) is 0 Å². The van der Waals surface area contributed by atoms with Crippen molar-refractivity contribution in [1.82, 2.24) is 10.2 Å². The van der Waals surface area contributed by atoms with Crippen LogP contribution >= 0.6 is 0 Å². The van der Waals surface area contributed by atoms with Gasteiger partial charge in [0.2, 0.25) is 5.91 Å². The molecular weight excluding hydrogens is 200 g/mol. The number of amides is 3. The lowest BCUT2D eigenvalue weighted by atomic mass is 10.3. The van der Waals surface area contributed by atoms with Gasteiger partial charge in [-0.2, -0.15) is 5.26 Å². The molecule has 0 aromatic carbocycles. The van der Waals surface area contributed by atoms with Gasteiger partial charge < -0.3 is 10.5 Å². The smallest absolute Gasteiger partial charge is 0.318 e. The van der Waals surface area contributed by atoms with Gasteiger partial charge in [0.15, 0.2) is 6.10 Å². The van der Waals surface area contributed by atoms with Crippen LogP contribution in [0.15, 0.2) is 0 Å². The van der Waals surface area contributed by atoms with E-state index in [1.807, 2.05) is 11.4 Å². The van der Waals surface area contributed by atoms with E-state index in [2.05, 4.69) is 0 Å². The number of primary amides is 1. The summed E-state index contributed by atoms with van der Waals surface area (Å²) < 4.78 is 5.09. The predicted molar refractivity (Wildman–Crippen MR) is 49.5 cm³/mol. The third-order valence-corrected chi connectivity index (χ3v) is 1.92. The normalized spacial score (nSPS) is 21.7. The molecule has 82 valence electrons. The van der Waals surface area contributed by atoms with Crippen LogP contribution in [-0.4, -0.2) is 49.2 Å². The van der Waals surface area contributed by atoms with Crippen molar-refractivity contribution < 1.29 is 14.3 Å². The van der Waals surface area contributed by atoms with Gasteiger partial charge in [-0.15, -0.1) is 0 Å². The highest BCUT2D eigenvalue weighted by Gasteiger charge is 2.21. The Kier molecular flexibility index (Phi) is 4.03. The minimum Gasteiger partial charge on any atom is -0.361 e. The van der Waals surface area contributed by atoms with Crippen molar-refractivity contribution in [2.75, 3.05) is 26.2 Å². The summed E-state index contributed by atoms with van der Waals surface area (Å²) in [5.41, 5.74) is 4.79. The van der Waals surface area contributed by atoms with Crippen molar-refractivity contribution in [2.24, 2.45) is 5.73 Å². The zero-order valence-electron chi connectivity index (χ0n) is 8.10. The van der Waals surface area contributed by atoms with Crippen LogP contribution in [0.5, 0.6) is 0 Å². The summed E-state index contributed by atoms with van der Waals surface area (Å²) in [6.07, 6.45) is -0.514. The van der Waals surface area contributed by atoms with Gasteiger partial charge in [0, 0.05) is 13.1 Å². The molecule has 7 heteroatoms. The molecule has 1 aliphatic rings. The number of imide groups is 1. The van der Waals surface area contributed by atoms with Crippen molar-refractivity contribution in [3.8, 4) is 6.07 Å². The number of rotatable bonds is 2. The maximum absolute atomic E-state index is 11.1. The third kappa shape index (κ3) is 3.93. The third-order valence-electron chi connectivity index (χ3n) is 1.92. The van der Waals surface area contributed by atoms with Gasteiger partial charge in [0.25, 0.3) is 0 Å². The SMILES string of the molecule is N#CC1CN(CC(=O)NC(N)=O)CCO1. The van der Waals surface area contributed by atoms with Crippen molar-refractivity contribution in [1.29, 1.82) is 5.26 Å². The van der Waals surface area contributed by atoms with E-state index in [1.165, 1.54) is 0 Å². The molecule has 0 saturated carbocycles. The number of nitrogens with two attached hydrogens (primary N) is 1. The monoisotopic (exact) mass is 212 g/mol. The van der Waals surface area contributed by atoms with Crippen LogP contribution in [0.1, 0.15) is 0 Å². The number of nitrogens with one attached hydrogen (secondary N) is 1. The first-order chi connectivity index (χ1) is 7.11. The highest BCUT2D eigenvalue weighted by molar-refractivity contribution is 5.94. The molecule has 0 aromatic heterocycles. The number of nitrogens with zero attached hydrogens (tertiary/aromatic N) is 2. The molecule has 1 aliphatic heterocycles. The maximum atomic E-state index is 11.1. The van der Waals surface area contributed by atoms with Crippen LogP contribution in [-0.2, 0) is 9.53 Å². The Hall–Kier alpha value is -1.65. The van der Waals surface area contributed by atoms with Crippen molar-refractivity contribution in [3.05, 3.63) is 0 Å². The summed E-state index contributed by atoms with van der Waals surface area (Å²) in [5.74, 6) is -0.471. The Balaban J connectivity index is 2.35. The first kappa shape index (κ1) is 11.4. The minimum atomic E-state index is -0.870. The number of carbonyl (C=O) groups is 2. The van der Waals surface area contributed by atoms with Crippen LogP contribution in [0, 0.1) is 11.3 Å². The van der Waals surface area contributed by atoms with Crippen LogP contribution in [0.3, 0.4) is 0 Å². The van der Waals surface area contributed by atoms with Crippen LogP contribution in [0.2, 0.25) is 0 Å². The molecule has 15 heavy (non-hydrogen) atoms.